The molecule has 0 aliphatic carbocycles. The molecular weight excluding hydrogens is 250 g/mol. The monoisotopic (exact) mass is 281 g/mol. The molecule has 1 N–H and O–H groups in total. The van der Waals surface area contributed by atoms with Crippen LogP contribution >= 0.6 is 0 Å². The Kier molecular flexibility index (Phi) is 5.85. The third-order valence-corrected chi connectivity index (χ3v) is 4.55. The third-order valence-electron chi connectivity index (χ3n) is 4.55. The molecule has 0 aromatic rings. The summed E-state index contributed by atoms with van der Waals surface area (Å²) in [4.78, 5) is 17.3. The lowest BCUT2D eigenvalue weighted by Crippen LogP contribution is -2.57. The summed E-state index contributed by atoms with van der Waals surface area (Å²) in [5.74, 6) is 0.346. The quantitative estimate of drug-likeness (QED) is 0.835. The van der Waals surface area contributed by atoms with Gasteiger partial charge in [-0.05, 0) is 38.6 Å². The van der Waals surface area contributed by atoms with Gasteiger partial charge in [0.1, 0.15) is 0 Å². The van der Waals surface area contributed by atoms with Gasteiger partial charge < -0.3 is 15.1 Å². The highest BCUT2D eigenvalue weighted by atomic mass is 16.2. The van der Waals surface area contributed by atoms with Crippen LogP contribution in [0.1, 0.15) is 52.9 Å². The average Bonchev–Trinajstić information content (AvgIpc) is 2.42. The van der Waals surface area contributed by atoms with Gasteiger partial charge in [0.25, 0.3) is 0 Å². The van der Waals surface area contributed by atoms with Gasteiger partial charge in [-0.25, -0.2) is 0 Å². The van der Waals surface area contributed by atoms with Crippen LogP contribution in [-0.2, 0) is 4.79 Å². The molecule has 1 atom stereocenters. The SMILES string of the molecule is CCCN1CCC(N2CCCC(NC(C)C)C2=O)CC1. The number of carbonyl (C=O) groups is 1. The van der Waals surface area contributed by atoms with E-state index in [0.717, 1.165) is 45.3 Å². The van der Waals surface area contributed by atoms with Crippen LogP contribution in [0, 0.1) is 0 Å². The van der Waals surface area contributed by atoms with E-state index in [4.69, 9.17) is 0 Å². The van der Waals surface area contributed by atoms with E-state index in [1.54, 1.807) is 0 Å². The first-order chi connectivity index (χ1) is 9.61. The largest absolute Gasteiger partial charge is 0.338 e. The number of hydrogen-bond donors (Lipinski definition) is 1. The minimum absolute atomic E-state index is 0.0532. The number of nitrogens with zero attached hydrogens (tertiary/aromatic N) is 2. The van der Waals surface area contributed by atoms with Gasteiger partial charge in [0.2, 0.25) is 5.91 Å². The van der Waals surface area contributed by atoms with E-state index in [2.05, 4.69) is 35.9 Å². The molecule has 2 aliphatic rings. The van der Waals surface area contributed by atoms with E-state index in [0.29, 0.717) is 18.0 Å². The van der Waals surface area contributed by atoms with E-state index in [-0.39, 0.29) is 6.04 Å². The summed E-state index contributed by atoms with van der Waals surface area (Å²) in [6.07, 6.45) is 5.68. The smallest absolute Gasteiger partial charge is 0.239 e. The Morgan fingerprint density at radius 1 is 1.20 bits per heavy atom. The van der Waals surface area contributed by atoms with Gasteiger partial charge in [-0.3, -0.25) is 4.79 Å². The summed E-state index contributed by atoms with van der Waals surface area (Å²) in [6, 6.07) is 0.917. The third kappa shape index (κ3) is 3.95. The van der Waals surface area contributed by atoms with Crippen LogP contribution in [0.15, 0.2) is 0 Å². The Morgan fingerprint density at radius 3 is 2.50 bits per heavy atom. The van der Waals surface area contributed by atoms with Crippen molar-refractivity contribution in [2.75, 3.05) is 26.2 Å². The summed E-state index contributed by atoms with van der Waals surface area (Å²) in [7, 11) is 0. The second-order valence-corrected chi connectivity index (χ2v) is 6.62. The van der Waals surface area contributed by atoms with E-state index < -0.39 is 0 Å². The van der Waals surface area contributed by atoms with Gasteiger partial charge in [0, 0.05) is 31.7 Å². The number of piperidine rings is 2. The first kappa shape index (κ1) is 15.8. The molecule has 4 heteroatoms. The fraction of sp³-hybridized carbons (Fsp3) is 0.938. The maximum atomic E-state index is 12.6. The minimum atomic E-state index is 0.0532. The molecule has 0 radical (unpaired) electrons. The Morgan fingerprint density at radius 2 is 1.90 bits per heavy atom. The Hall–Kier alpha value is -0.610. The second kappa shape index (κ2) is 7.41. The molecule has 1 unspecified atom stereocenters. The van der Waals surface area contributed by atoms with E-state index in [9.17, 15) is 4.79 Å². The Bertz CT molecular complexity index is 311. The van der Waals surface area contributed by atoms with Crippen LogP contribution in [0.2, 0.25) is 0 Å². The number of rotatable bonds is 5. The van der Waals surface area contributed by atoms with Gasteiger partial charge >= 0.3 is 0 Å². The normalized spacial score (nSPS) is 26.5. The van der Waals surface area contributed by atoms with E-state index in [1.807, 2.05) is 0 Å². The van der Waals surface area contributed by atoms with Crippen LogP contribution in [0.4, 0.5) is 0 Å². The van der Waals surface area contributed by atoms with Crippen LogP contribution in [0.5, 0.6) is 0 Å². The molecule has 1 amide bonds. The van der Waals surface area contributed by atoms with Crippen LogP contribution in [0.25, 0.3) is 0 Å². The number of carbonyl (C=O) groups excluding carboxylic acids is 1. The molecule has 2 aliphatic heterocycles. The molecule has 2 fully saturated rings. The minimum Gasteiger partial charge on any atom is -0.338 e. The summed E-state index contributed by atoms with van der Waals surface area (Å²) >= 11 is 0. The zero-order valence-electron chi connectivity index (χ0n) is 13.4. The molecule has 0 aromatic heterocycles. The maximum Gasteiger partial charge on any atom is 0.239 e. The van der Waals surface area contributed by atoms with Gasteiger partial charge in [-0.2, -0.15) is 0 Å². The number of nitrogens with one attached hydrogen (secondary N) is 1. The summed E-state index contributed by atoms with van der Waals surface area (Å²) in [5, 5.41) is 3.43. The number of likely N-dealkylation sites (tertiary alicyclic amines) is 2. The maximum absolute atomic E-state index is 12.6. The number of hydrogen-bond acceptors (Lipinski definition) is 3. The van der Waals surface area contributed by atoms with Crippen molar-refractivity contribution in [3.63, 3.8) is 0 Å². The van der Waals surface area contributed by atoms with E-state index in [1.165, 1.54) is 13.0 Å². The fourth-order valence-electron chi connectivity index (χ4n) is 3.59. The molecule has 20 heavy (non-hydrogen) atoms. The molecule has 2 saturated heterocycles. The van der Waals surface area contributed by atoms with Crippen LogP contribution < -0.4 is 5.32 Å². The summed E-state index contributed by atoms with van der Waals surface area (Å²) < 4.78 is 0. The number of amides is 1. The lowest BCUT2D eigenvalue weighted by molar-refractivity contribution is -0.139. The summed E-state index contributed by atoms with van der Waals surface area (Å²) in [5.41, 5.74) is 0. The predicted octanol–water partition coefficient (Wildman–Crippen LogP) is 1.85. The van der Waals surface area contributed by atoms with Gasteiger partial charge in [-0.1, -0.05) is 20.8 Å². The highest BCUT2D eigenvalue weighted by Crippen LogP contribution is 2.22. The Balaban J connectivity index is 1.87. The predicted molar refractivity (Wildman–Crippen MR) is 82.8 cm³/mol. The van der Waals surface area contributed by atoms with Crippen molar-refractivity contribution >= 4 is 5.91 Å². The van der Waals surface area contributed by atoms with Crippen molar-refractivity contribution < 1.29 is 4.79 Å². The molecule has 0 aromatic carbocycles. The van der Waals surface area contributed by atoms with Gasteiger partial charge in [0.15, 0.2) is 0 Å². The molecule has 0 saturated carbocycles. The average molecular weight is 281 g/mol. The van der Waals surface area contributed by atoms with Gasteiger partial charge in [-0.15, -0.1) is 0 Å². The highest BCUT2D eigenvalue weighted by Gasteiger charge is 2.34. The standard InChI is InChI=1S/C16H31N3O/c1-4-9-18-11-7-14(8-12-18)19-10-5-6-15(16(19)20)17-13(2)3/h13-15,17H,4-12H2,1-3H3. The lowest BCUT2D eigenvalue weighted by atomic mass is 9.97. The summed E-state index contributed by atoms with van der Waals surface area (Å²) in [6.45, 7) is 11.0. The van der Waals surface area contributed by atoms with Crippen molar-refractivity contribution in [3.05, 3.63) is 0 Å². The molecule has 0 bridgehead atoms. The van der Waals surface area contributed by atoms with E-state index >= 15 is 0 Å². The van der Waals surface area contributed by atoms with Gasteiger partial charge in [0.05, 0.1) is 6.04 Å². The zero-order chi connectivity index (χ0) is 14.5. The molecular formula is C16H31N3O. The van der Waals surface area contributed by atoms with Crippen molar-refractivity contribution in [1.82, 2.24) is 15.1 Å². The first-order valence-electron chi connectivity index (χ1n) is 8.40. The first-order valence-corrected chi connectivity index (χ1v) is 8.40. The van der Waals surface area contributed by atoms with Crippen LogP contribution in [0.3, 0.4) is 0 Å². The Labute approximate surface area is 123 Å². The molecule has 116 valence electrons. The molecule has 2 rings (SSSR count). The lowest BCUT2D eigenvalue weighted by Gasteiger charge is -2.42. The zero-order valence-corrected chi connectivity index (χ0v) is 13.4. The molecule has 0 spiro atoms. The highest BCUT2D eigenvalue weighted by molar-refractivity contribution is 5.83. The fourth-order valence-corrected chi connectivity index (χ4v) is 3.59. The topological polar surface area (TPSA) is 35.6 Å². The van der Waals surface area contributed by atoms with Crippen molar-refractivity contribution in [2.24, 2.45) is 0 Å². The second-order valence-electron chi connectivity index (χ2n) is 6.62. The van der Waals surface area contributed by atoms with Crippen molar-refractivity contribution in [1.29, 1.82) is 0 Å². The molecule has 4 nitrogen and oxygen atoms in total. The van der Waals surface area contributed by atoms with Crippen molar-refractivity contribution in [2.45, 2.75) is 71.0 Å². The van der Waals surface area contributed by atoms with Crippen LogP contribution in [-0.4, -0.2) is 60.0 Å². The van der Waals surface area contributed by atoms with Crippen molar-refractivity contribution in [3.8, 4) is 0 Å². The molecule has 2 heterocycles.